The van der Waals surface area contributed by atoms with Gasteiger partial charge in [0.1, 0.15) is 5.00 Å². The van der Waals surface area contributed by atoms with Crippen molar-refractivity contribution in [2.24, 2.45) is 0 Å². The van der Waals surface area contributed by atoms with E-state index < -0.39 is 21.9 Å². The lowest BCUT2D eigenvalue weighted by Crippen LogP contribution is -2.33. The largest absolute Gasteiger partial charge is 0.465 e. The smallest absolute Gasteiger partial charge is 0.341 e. The number of amides is 2. The molecule has 3 rings (SSSR count). The van der Waals surface area contributed by atoms with E-state index in [1.54, 1.807) is 4.90 Å². The van der Waals surface area contributed by atoms with E-state index in [9.17, 15) is 22.8 Å². The fourth-order valence-corrected chi connectivity index (χ4v) is 6.17. The molecule has 0 fully saturated rings. The first kappa shape index (κ1) is 25.9. The fourth-order valence-electron chi connectivity index (χ4n) is 3.71. The zero-order valence-electron chi connectivity index (χ0n) is 19.7. The Morgan fingerprint density at radius 3 is 2.47 bits per heavy atom. The van der Waals surface area contributed by atoms with Crippen LogP contribution in [-0.4, -0.2) is 62.7 Å². The first-order valence-electron chi connectivity index (χ1n) is 11.0. The van der Waals surface area contributed by atoms with Crippen LogP contribution in [0.1, 0.15) is 57.8 Å². The summed E-state index contributed by atoms with van der Waals surface area (Å²) in [4.78, 5) is 39.8. The average Bonchev–Trinajstić information content (AvgIpc) is 3.18. The molecular formula is C23H29N3O6S2. The molecule has 9 nitrogen and oxygen atoms in total. The van der Waals surface area contributed by atoms with Crippen molar-refractivity contribution in [2.45, 2.75) is 44.6 Å². The van der Waals surface area contributed by atoms with Crippen LogP contribution in [0.2, 0.25) is 0 Å². The zero-order chi connectivity index (χ0) is 25.0. The van der Waals surface area contributed by atoms with E-state index in [1.807, 2.05) is 6.92 Å². The highest BCUT2D eigenvalue weighted by atomic mass is 32.2. The van der Waals surface area contributed by atoms with Crippen LogP contribution >= 0.6 is 11.3 Å². The maximum Gasteiger partial charge on any atom is 0.341 e. The van der Waals surface area contributed by atoms with Gasteiger partial charge in [0.05, 0.1) is 24.1 Å². The van der Waals surface area contributed by atoms with E-state index in [2.05, 4.69) is 5.32 Å². The van der Waals surface area contributed by atoms with Gasteiger partial charge in [0.25, 0.3) is 5.91 Å². The summed E-state index contributed by atoms with van der Waals surface area (Å²) in [6.45, 7) is 4.75. The van der Waals surface area contributed by atoms with Gasteiger partial charge >= 0.3 is 5.97 Å². The van der Waals surface area contributed by atoms with Crippen molar-refractivity contribution in [1.82, 2.24) is 9.21 Å². The second kappa shape index (κ2) is 10.7. The minimum atomic E-state index is -3.64. The van der Waals surface area contributed by atoms with Gasteiger partial charge in [0.15, 0.2) is 0 Å². The monoisotopic (exact) mass is 507 g/mol. The molecule has 11 heteroatoms. The molecule has 1 aromatic carbocycles. The number of methoxy groups -OCH3 is 1. The summed E-state index contributed by atoms with van der Waals surface area (Å²) >= 11 is 1.24. The van der Waals surface area contributed by atoms with Gasteiger partial charge in [-0.25, -0.2) is 17.5 Å². The standard InChI is InChI=1S/C23H29N3O6S2/c1-5-6-12-25(3)34(30,31)17-9-7-16(8-10-17)21(28)24-22-20(23(29)32-4)18-11-13-26(15(2)27)14-19(18)33-22/h7-10H,5-6,11-14H2,1-4H3,(H,24,28). The molecule has 0 saturated heterocycles. The number of sulfonamides is 1. The van der Waals surface area contributed by atoms with Gasteiger partial charge in [0, 0.05) is 37.5 Å². The van der Waals surface area contributed by atoms with Crippen molar-refractivity contribution in [1.29, 1.82) is 0 Å². The number of hydrogen-bond acceptors (Lipinski definition) is 7. The maximum atomic E-state index is 12.9. The molecule has 0 aliphatic carbocycles. The average molecular weight is 508 g/mol. The number of thiophene rings is 1. The number of ether oxygens (including phenoxy) is 1. The number of fused-ring (bicyclic) bond motifs is 1. The topological polar surface area (TPSA) is 113 Å². The number of rotatable bonds is 8. The van der Waals surface area contributed by atoms with E-state index in [-0.39, 0.29) is 16.4 Å². The third-order valence-electron chi connectivity index (χ3n) is 5.77. The van der Waals surface area contributed by atoms with Crippen LogP contribution in [0.15, 0.2) is 29.2 Å². The molecule has 0 spiro atoms. The normalized spacial score (nSPS) is 13.5. The second-order valence-electron chi connectivity index (χ2n) is 8.05. The molecule has 0 bridgehead atoms. The van der Waals surface area contributed by atoms with Crippen LogP contribution in [0, 0.1) is 0 Å². The minimum absolute atomic E-state index is 0.0559. The summed E-state index contributed by atoms with van der Waals surface area (Å²) in [6.07, 6.45) is 2.13. The Morgan fingerprint density at radius 2 is 1.88 bits per heavy atom. The maximum absolute atomic E-state index is 12.9. The molecule has 34 heavy (non-hydrogen) atoms. The molecule has 0 saturated carbocycles. The lowest BCUT2D eigenvalue weighted by Gasteiger charge is -2.25. The predicted molar refractivity (Wildman–Crippen MR) is 130 cm³/mol. The quantitative estimate of drug-likeness (QED) is 0.550. The van der Waals surface area contributed by atoms with Gasteiger partial charge in [-0.2, -0.15) is 0 Å². The van der Waals surface area contributed by atoms with Crippen molar-refractivity contribution in [3.63, 3.8) is 0 Å². The third kappa shape index (κ3) is 5.31. The summed E-state index contributed by atoms with van der Waals surface area (Å²) in [7, 11) is -0.827. The fraction of sp³-hybridized carbons (Fsp3) is 0.435. The summed E-state index contributed by atoms with van der Waals surface area (Å²) < 4.78 is 31.6. The lowest BCUT2D eigenvalue weighted by atomic mass is 10.0. The van der Waals surface area contributed by atoms with E-state index in [1.165, 1.54) is 61.0 Å². The highest BCUT2D eigenvalue weighted by Gasteiger charge is 2.30. The van der Waals surface area contributed by atoms with Crippen LogP contribution in [-0.2, 0) is 32.5 Å². The number of unbranched alkanes of at least 4 members (excludes halogenated alkanes) is 1. The number of benzene rings is 1. The number of carbonyl (C=O) groups excluding carboxylic acids is 3. The molecule has 0 atom stereocenters. The molecule has 0 unspecified atom stereocenters. The zero-order valence-corrected chi connectivity index (χ0v) is 21.3. The lowest BCUT2D eigenvalue weighted by molar-refractivity contribution is -0.129. The van der Waals surface area contributed by atoms with Crippen LogP contribution in [0.25, 0.3) is 0 Å². The first-order valence-corrected chi connectivity index (χ1v) is 13.2. The Balaban J connectivity index is 1.83. The second-order valence-corrected chi connectivity index (χ2v) is 11.2. The van der Waals surface area contributed by atoms with Gasteiger partial charge in [-0.1, -0.05) is 13.3 Å². The summed E-state index contributed by atoms with van der Waals surface area (Å²) in [5, 5.41) is 3.12. The number of nitrogens with zero attached hydrogens (tertiary/aromatic N) is 2. The van der Waals surface area contributed by atoms with Crippen molar-refractivity contribution in [2.75, 3.05) is 32.6 Å². The van der Waals surface area contributed by atoms with E-state index in [0.717, 1.165) is 23.3 Å². The number of carbonyl (C=O) groups is 3. The van der Waals surface area contributed by atoms with Gasteiger partial charge < -0.3 is 15.0 Å². The molecule has 0 radical (unpaired) electrons. The Hall–Kier alpha value is -2.76. The van der Waals surface area contributed by atoms with Gasteiger partial charge in [-0.05, 0) is 42.7 Å². The molecule has 1 N–H and O–H groups in total. The Morgan fingerprint density at radius 1 is 1.21 bits per heavy atom. The highest BCUT2D eigenvalue weighted by Crippen LogP contribution is 2.38. The van der Waals surface area contributed by atoms with E-state index in [0.29, 0.717) is 36.6 Å². The van der Waals surface area contributed by atoms with Gasteiger partial charge in [-0.3, -0.25) is 9.59 Å². The van der Waals surface area contributed by atoms with Crippen molar-refractivity contribution >= 4 is 44.1 Å². The molecular weight excluding hydrogens is 478 g/mol. The van der Waals surface area contributed by atoms with Crippen molar-refractivity contribution in [3.05, 3.63) is 45.8 Å². The molecule has 1 aliphatic rings. The highest BCUT2D eigenvalue weighted by molar-refractivity contribution is 7.89. The Kier molecular flexibility index (Phi) is 8.11. The number of nitrogens with one attached hydrogen (secondary N) is 1. The summed E-state index contributed by atoms with van der Waals surface area (Å²) in [6, 6.07) is 5.69. The molecule has 2 aromatic rings. The molecule has 184 valence electrons. The number of anilines is 1. The third-order valence-corrected chi connectivity index (χ3v) is 8.77. The molecule has 2 heterocycles. The van der Waals surface area contributed by atoms with Crippen LogP contribution < -0.4 is 5.32 Å². The Bertz CT molecular complexity index is 1190. The van der Waals surface area contributed by atoms with Gasteiger partial charge in [-0.15, -0.1) is 11.3 Å². The Labute approximate surface area is 203 Å². The molecule has 2 amide bonds. The SMILES string of the molecule is CCCCN(C)S(=O)(=O)c1ccc(C(=O)Nc2sc3c(c2C(=O)OC)CCN(C(C)=O)C3)cc1. The van der Waals surface area contributed by atoms with Crippen molar-refractivity contribution in [3.8, 4) is 0 Å². The van der Waals surface area contributed by atoms with E-state index in [4.69, 9.17) is 4.74 Å². The van der Waals surface area contributed by atoms with Gasteiger partial charge in [0.2, 0.25) is 15.9 Å². The van der Waals surface area contributed by atoms with E-state index >= 15 is 0 Å². The number of hydrogen-bond donors (Lipinski definition) is 1. The minimum Gasteiger partial charge on any atom is -0.465 e. The predicted octanol–water partition coefficient (Wildman–Crippen LogP) is 3.11. The molecule has 1 aliphatic heterocycles. The van der Waals surface area contributed by atoms with Crippen LogP contribution in [0.3, 0.4) is 0 Å². The summed E-state index contributed by atoms with van der Waals surface area (Å²) in [5.41, 5.74) is 1.33. The number of esters is 1. The van der Waals surface area contributed by atoms with Crippen molar-refractivity contribution < 1.29 is 27.5 Å². The van der Waals surface area contributed by atoms with Crippen LogP contribution in [0.4, 0.5) is 5.00 Å². The first-order chi connectivity index (χ1) is 16.1. The molecule has 1 aromatic heterocycles. The summed E-state index contributed by atoms with van der Waals surface area (Å²) in [5.74, 6) is -1.09. The van der Waals surface area contributed by atoms with Crippen LogP contribution in [0.5, 0.6) is 0 Å².